The molecule has 0 radical (unpaired) electrons. The van der Waals surface area contributed by atoms with E-state index in [0.29, 0.717) is 16.7 Å². The molecule has 0 saturated carbocycles. The van der Waals surface area contributed by atoms with E-state index in [4.69, 9.17) is 4.74 Å². The molecule has 2 aliphatic rings. The number of hydrogen-bond donors (Lipinski definition) is 1. The maximum atomic E-state index is 15.2. The first kappa shape index (κ1) is 23.1. The van der Waals surface area contributed by atoms with Crippen LogP contribution in [0.25, 0.3) is 11.1 Å². The molecular formula is C25H29FN2O2S. The van der Waals surface area contributed by atoms with Gasteiger partial charge in [0.05, 0.1) is 18.4 Å². The fraction of sp³-hybridized carbons (Fsp3) is 0.320. The Morgan fingerprint density at radius 3 is 2.77 bits per heavy atom. The van der Waals surface area contributed by atoms with Crippen LogP contribution < -0.4 is 9.62 Å². The standard InChI is InChI=1S/C23H23FN2O2S.C2H6/c1-15-14-26(18-9-4-3-5-10-18)21-13-20(24)19(12-22(21)29-25-15)16-7-6-8-17(11-16)23(27)28-2;1-2/h3-4,6-9,11-13,15,25H,5,10,14H2,1-2H3;1-2H3. The van der Waals surface area contributed by atoms with Crippen molar-refractivity contribution in [3.05, 3.63) is 71.7 Å². The van der Waals surface area contributed by atoms with Gasteiger partial charge in [-0.2, -0.15) is 0 Å². The first-order valence-electron chi connectivity index (χ1n) is 10.6. The predicted octanol–water partition coefficient (Wildman–Crippen LogP) is 6.34. The maximum Gasteiger partial charge on any atom is 0.337 e. The van der Waals surface area contributed by atoms with Crippen LogP contribution in [0.5, 0.6) is 0 Å². The van der Waals surface area contributed by atoms with Crippen LogP contribution in [0.2, 0.25) is 0 Å². The monoisotopic (exact) mass is 440 g/mol. The van der Waals surface area contributed by atoms with Gasteiger partial charge in [-0.1, -0.05) is 38.1 Å². The van der Waals surface area contributed by atoms with Gasteiger partial charge in [0.25, 0.3) is 0 Å². The number of halogens is 1. The Bertz CT molecular complexity index is 1000. The second-order valence-electron chi connectivity index (χ2n) is 7.23. The summed E-state index contributed by atoms with van der Waals surface area (Å²) in [5.74, 6) is -0.742. The van der Waals surface area contributed by atoms with Crippen molar-refractivity contribution in [2.24, 2.45) is 0 Å². The van der Waals surface area contributed by atoms with E-state index in [0.717, 1.165) is 30.0 Å². The van der Waals surface area contributed by atoms with E-state index in [-0.39, 0.29) is 11.9 Å². The molecule has 0 spiro atoms. The number of carbonyl (C=O) groups excluding carboxylic acids is 1. The molecule has 0 aromatic heterocycles. The highest BCUT2D eigenvalue weighted by Crippen LogP contribution is 2.40. The Kier molecular flexibility index (Phi) is 7.93. The van der Waals surface area contributed by atoms with E-state index in [1.807, 2.05) is 19.9 Å². The Hall–Kier alpha value is -2.57. The maximum absolute atomic E-state index is 15.2. The molecule has 1 atom stereocenters. The predicted molar refractivity (Wildman–Crippen MR) is 127 cm³/mol. The summed E-state index contributed by atoms with van der Waals surface area (Å²) < 4.78 is 23.5. The number of methoxy groups -OCH3 is 1. The number of allylic oxidation sites excluding steroid dienone is 4. The summed E-state index contributed by atoms with van der Waals surface area (Å²) in [4.78, 5) is 15.0. The highest BCUT2D eigenvalue weighted by molar-refractivity contribution is 7.97. The minimum atomic E-state index is -0.435. The molecule has 0 bridgehead atoms. The Morgan fingerprint density at radius 2 is 2.06 bits per heavy atom. The Morgan fingerprint density at radius 1 is 1.26 bits per heavy atom. The summed E-state index contributed by atoms with van der Waals surface area (Å²) in [6, 6.07) is 10.6. The summed E-state index contributed by atoms with van der Waals surface area (Å²) in [6.45, 7) is 6.90. The Labute approximate surface area is 188 Å². The molecule has 1 heterocycles. The van der Waals surface area contributed by atoms with Crippen molar-refractivity contribution < 1.29 is 13.9 Å². The number of anilines is 1. The molecule has 31 heavy (non-hydrogen) atoms. The lowest BCUT2D eigenvalue weighted by molar-refractivity contribution is 0.0601. The minimum absolute atomic E-state index is 0.244. The zero-order valence-electron chi connectivity index (χ0n) is 18.4. The van der Waals surface area contributed by atoms with Crippen LogP contribution in [0, 0.1) is 5.82 Å². The summed E-state index contributed by atoms with van der Waals surface area (Å²) in [6.07, 6.45) is 8.27. The summed E-state index contributed by atoms with van der Waals surface area (Å²) in [5, 5.41) is 0. The summed E-state index contributed by atoms with van der Waals surface area (Å²) >= 11 is 1.52. The number of carbonyl (C=O) groups is 1. The molecule has 1 unspecified atom stereocenters. The SMILES string of the molecule is CC.COC(=O)c1cccc(-c2cc3c(cc2F)N(C2=CC=CCC2)CC(C)NS3)c1. The van der Waals surface area contributed by atoms with Gasteiger partial charge in [-0.05, 0) is 67.6 Å². The van der Waals surface area contributed by atoms with Gasteiger partial charge in [-0.15, -0.1) is 0 Å². The van der Waals surface area contributed by atoms with Crippen LogP contribution in [0.15, 0.2) is 65.2 Å². The van der Waals surface area contributed by atoms with Gasteiger partial charge >= 0.3 is 5.97 Å². The van der Waals surface area contributed by atoms with Crippen LogP contribution >= 0.6 is 11.9 Å². The van der Waals surface area contributed by atoms with Gasteiger partial charge in [-0.3, -0.25) is 4.72 Å². The van der Waals surface area contributed by atoms with E-state index >= 15 is 4.39 Å². The number of hydrogen-bond acceptors (Lipinski definition) is 5. The quantitative estimate of drug-likeness (QED) is 0.445. The van der Waals surface area contributed by atoms with Crippen molar-refractivity contribution >= 4 is 23.6 Å². The van der Waals surface area contributed by atoms with E-state index < -0.39 is 5.97 Å². The third-order valence-corrected chi connectivity index (χ3v) is 6.17. The largest absolute Gasteiger partial charge is 0.465 e. The van der Waals surface area contributed by atoms with Crippen molar-refractivity contribution in [2.45, 2.75) is 44.6 Å². The molecular weight excluding hydrogens is 411 g/mol. The van der Waals surface area contributed by atoms with Crippen molar-refractivity contribution in [1.82, 2.24) is 4.72 Å². The van der Waals surface area contributed by atoms with Gasteiger partial charge in [0.2, 0.25) is 0 Å². The van der Waals surface area contributed by atoms with Crippen molar-refractivity contribution in [2.75, 3.05) is 18.6 Å². The minimum Gasteiger partial charge on any atom is -0.465 e. The number of esters is 1. The fourth-order valence-electron chi connectivity index (χ4n) is 3.65. The zero-order chi connectivity index (χ0) is 22.4. The van der Waals surface area contributed by atoms with Gasteiger partial charge in [0.15, 0.2) is 0 Å². The third-order valence-electron chi connectivity index (χ3n) is 5.10. The smallest absolute Gasteiger partial charge is 0.337 e. The fourth-order valence-corrected chi connectivity index (χ4v) is 4.50. The molecule has 0 saturated heterocycles. The molecule has 0 fully saturated rings. The number of nitrogens with zero attached hydrogens (tertiary/aromatic N) is 1. The first-order valence-corrected chi connectivity index (χ1v) is 11.5. The van der Waals surface area contributed by atoms with Gasteiger partial charge in [0.1, 0.15) is 5.82 Å². The van der Waals surface area contributed by atoms with Crippen molar-refractivity contribution in [3.63, 3.8) is 0 Å². The van der Waals surface area contributed by atoms with E-state index in [9.17, 15) is 4.79 Å². The molecule has 1 aliphatic carbocycles. The average Bonchev–Trinajstić information content (AvgIpc) is 2.98. The molecule has 1 N–H and O–H groups in total. The molecule has 164 valence electrons. The van der Waals surface area contributed by atoms with Crippen LogP contribution in [0.1, 0.15) is 44.0 Å². The number of ether oxygens (including phenoxy) is 1. The molecule has 2 aromatic rings. The van der Waals surface area contributed by atoms with Gasteiger partial charge in [0, 0.05) is 28.7 Å². The molecule has 0 amide bonds. The number of rotatable bonds is 3. The van der Waals surface area contributed by atoms with Gasteiger partial charge in [-0.25, -0.2) is 9.18 Å². The van der Waals surface area contributed by atoms with E-state index in [1.54, 1.807) is 30.3 Å². The van der Waals surface area contributed by atoms with Crippen molar-refractivity contribution in [3.8, 4) is 11.1 Å². The van der Waals surface area contributed by atoms with Crippen LogP contribution in [0.3, 0.4) is 0 Å². The Balaban J connectivity index is 0.00000132. The second-order valence-corrected chi connectivity index (χ2v) is 8.11. The van der Waals surface area contributed by atoms with Crippen molar-refractivity contribution in [1.29, 1.82) is 0 Å². The number of benzene rings is 2. The first-order chi connectivity index (χ1) is 15.1. The highest BCUT2D eigenvalue weighted by Gasteiger charge is 2.25. The van der Waals surface area contributed by atoms with E-state index in [1.165, 1.54) is 24.8 Å². The average molecular weight is 441 g/mol. The number of nitrogens with one attached hydrogen (secondary N) is 1. The molecule has 6 heteroatoms. The molecule has 1 aliphatic heterocycles. The lowest BCUT2D eigenvalue weighted by Gasteiger charge is -2.30. The van der Waals surface area contributed by atoms with Gasteiger partial charge < -0.3 is 9.64 Å². The zero-order valence-corrected chi connectivity index (χ0v) is 19.3. The van der Waals surface area contributed by atoms with Crippen LogP contribution in [-0.4, -0.2) is 25.7 Å². The second kappa shape index (κ2) is 10.6. The third kappa shape index (κ3) is 5.20. The van der Waals surface area contributed by atoms with Crippen LogP contribution in [-0.2, 0) is 4.74 Å². The molecule has 4 rings (SSSR count). The highest BCUT2D eigenvalue weighted by atomic mass is 32.2. The molecule has 2 aromatic carbocycles. The topological polar surface area (TPSA) is 41.6 Å². The lowest BCUT2D eigenvalue weighted by Crippen LogP contribution is -2.34. The lowest BCUT2D eigenvalue weighted by atomic mass is 10.0. The van der Waals surface area contributed by atoms with Crippen LogP contribution in [0.4, 0.5) is 10.1 Å². The normalized spacial score (nSPS) is 17.6. The summed E-state index contributed by atoms with van der Waals surface area (Å²) in [5.41, 5.74) is 3.59. The molecule has 4 nitrogen and oxygen atoms in total. The number of fused-ring (bicyclic) bond motifs is 1. The summed E-state index contributed by atoms with van der Waals surface area (Å²) in [7, 11) is 1.34. The van der Waals surface area contributed by atoms with E-state index in [2.05, 4.69) is 34.8 Å².